The number of hydrogen-bond acceptors (Lipinski definition) is 7. The number of methoxy groups -OCH3 is 1. The van der Waals surface area contributed by atoms with Gasteiger partial charge in [0.1, 0.15) is 12.4 Å². The predicted molar refractivity (Wildman–Crippen MR) is 107 cm³/mol. The van der Waals surface area contributed by atoms with Crippen molar-refractivity contribution in [1.29, 1.82) is 0 Å². The number of fused-ring (bicyclic) bond motifs is 1. The molecule has 0 spiro atoms. The highest BCUT2D eigenvalue weighted by molar-refractivity contribution is 5.95. The van der Waals surface area contributed by atoms with Gasteiger partial charge < -0.3 is 19.5 Å². The number of benzene rings is 2. The highest BCUT2D eigenvalue weighted by Gasteiger charge is 2.18. The number of para-hydroxylation sites is 2. The minimum Gasteiger partial charge on any atom is -0.497 e. The zero-order chi connectivity index (χ0) is 19.8. The van der Waals surface area contributed by atoms with Gasteiger partial charge in [0.25, 0.3) is 0 Å². The van der Waals surface area contributed by atoms with E-state index in [0.29, 0.717) is 36.6 Å². The van der Waals surface area contributed by atoms with Crippen molar-refractivity contribution < 1.29 is 19.0 Å². The average Bonchev–Trinajstić information content (AvgIpc) is 2.74. The molecule has 0 saturated heterocycles. The number of esters is 1. The lowest BCUT2D eigenvalue weighted by atomic mass is 10.2. The Morgan fingerprint density at radius 1 is 1.04 bits per heavy atom. The maximum atomic E-state index is 12.5. The molecule has 1 aromatic heterocycles. The Bertz CT molecular complexity index is 946. The largest absolute Gasteiger partial charge is 0.497 e. The van der Waals surface area contributed by atoms with Crippen LogP contribution in [0.1, 0.15) is 23.0 Å². The Kier molecular flexibility index (Phi) is 6.75. The summed E-state index contributed by atoms with van der Waals surface area (Å²) in [5.74, 6) is 0.605. The van der Waals surface area contributed by atoms with Crippen molar-refractivity contribution >= 4 is 22.8 Å². The van der Waals surface area contributed by atoms with Gasteiger partial charge in [-0.15, -0.1) is 0 Å². The first-order chi connectivity index (χ1) is 13.7. The van der Waals surface area contributed by atoms with E-state index in [4.69, 9.17) is 14.2 Å². The number of nitrogens with zero attached hydrogens (tertiary/aromatic N) is 2. The van der Waals surface area contributed by atoms with Gasteiger partial charge in [-0.05, 0) is 36.8 Å². The molecule has 0 saturated carbocycles. The molecule has 0 fully saturated rings. The molecule has 0 radical (unpaired) electrons. The van der Waals surface area contributed by atoms with Gasteiger partial charge in [-0.1, -0.05) is 24.3 Å². The third-order valence-corrected chi connectivity index (χ3v) is 4.02. The van der Waals surface area contributed by atoms with Gasteiger partial charge in [-0.2, -0.15) is 0 Å². The van der Waals surface area contributed by atoms with E-state index in [0.717, 1.165) is 11.3 Å². The molecule has 0 aliphatic carbocycles. The lowest BCUT2D eigenvalue weighted by Gasteiger charge is -2.12. The maximum Gasteiger partial charge on any atom is 0.360 e. The van der Waals surface area contributed by atoms with Crippen molar-refractivity contribution in [3.63, 3.8) is 0 Å². The summed E-state index contributed by atoms with van der Waals surface area (Å²) in [4.78, 5) is 21.6. The molecule has 3 aromatic rings. The number of anilines is 1. The molecular formula is C21H23N3O4. The number of ether oxygens (including phenoxy) is 3. The van der Waals surface area contributed by atoms with Crippen LogP contribution >= 0.6 is 0 Å². The van der Waals surface area contributed by atoms with E-state index in [2.05, 4.69) is 15.3 Å². The number of rotatable bonds is 9. The zero-order valence-corrected chi connectivity index (χ0v) is 16.0. The van der Waals surface area contributed by atoms with Crippen LogP contribution in [-0.4, -0.2) is 42.9 Å². The maximum absolute atomic E-state index is 12.5. The summed E-state index contributed by atoms with van der Waals surface area (Å²) in [7, 11) is 1.62. The summed E-state index contributed by atoms with van der Waals surface area (Å²) in [5.41, 5.74) is 2.47. The normalized spacial score (nSPS) is 10.6. The van der Waals surface area contributed by atoms with Crippen LogP contribution in [0.25, 0.3) is 11.0 Å². The Morgan fingerprint density at radius 2 is 1.82 bits per heavy atom. The molecule has 2 aromatic carbocycles. The molecule has 7 heteroatoms. The number of nitrogens with one attached hydrogen (secondary N) is 1. The van der Waals surface area contributed by atoms with Gasteiger partial charge in [0.15, 0.2) is 11.5 Å². The van der Waals surface area contributed by atoms with Gasteiger partial charge in [0, 0.05) is 13.2 Å². The first-order valence-corrected chi connectivity index (χ1v) is 9.09. The minimum absolute atomic E-state index is 0.151. The van der Waals surface area contributed by atoms with Crippen LogP contribution in [0.2, 0.25) is 0 Å². The molecule has 3 rings (SSSR count). The number of hydrogen-bond donors (Lipinski definition) is 1. The SMILES string of the molecule is CCOCCOC(=O)c1nc2ccccc2nc1NCc1cccc(OC)c1. The van der Waals surface area contributed by atoms with Gasteiger partial charge in [0.2, 0.25) is 0 Å². The second-order valence-corrected chi connectivity index (χ2v) is 5.95. The Morgan fingerprint density at radius 3 is 2.57 bits per heavy atom. The Labute approximate surface area is 163 Å². The zero-order valence-electron chi connectivity index (χ0n) is 16.0. The first-order valence-electron chi connectivity index (χ1n) is 9.09. The minimum atomic E-state index is -0.536. The molecule has 146 valence electrons. The van der Waals surface area contributed by atoms with Crippen molar-refractivity contribution in [2.45, 2.75) is 13.5 Å². The Hall–Kier alpha value is -3.19. The van der Waals surface area contributed by atoms with Crippen LogP contribution < -0.4 is 10.1 Å². The molecule has 1 heterocycles. The highest BCUT2D eigenvalue weighted by Crippen LogP contribution is 2.20. The monoisotopic (exact) mass is 381 g/mol. The number of carbonyl (C=O) groups excluding carboxylic acids is 1. The van der Waals surface area contributed by atoms with Gasteiger partial charge in [-0.25, -0.2) is 14.8 Å². The second kappa shape index (κ2) is 9.66. The van der Waals surface area contributed by atoms with Gasteiger partial charge in [-0.3, -0.25) is 0 Å². The summed E-state index contributed by atoms with van der Waals surface area (Å²) in [6, 6.07) is 15.1. The topological polar surface area (TPSA) is 82.6 Å². The van der Waals surface area contributed by atoms with Crippen molar-refractivity contribution in [2.75, 3.05) is 32.2 Å². The van der Waals surface area contributed by atoms with E-state index >= 15 is 0 Å². The van der Waals surface area contributed by atoms with E-state index in [1.165, 1.54) is 0 Å². The van der Waals surface area contributed by atoms with Crippen molar-refractivity contribution in [2.24, 2.45) is 0 Å². The fourth-order valence-electron chi connectivity index (χ4n) is 2.64. The third-order valence-electron chi connectivity index (χ3n) is 4.02. The molecular weight excluding hydrogens is 358 g/mol. The van der Waals surface area contributed by atoms with Crippen LogP contribution in [0.5, 0.6) is 5.75 Å². The van der Waals surface area contributed by atoms with Crippen molar-refractivity contribution in [3.8, 4) is 5.75 Å². The third kappa shape index (κ3) is 4.95. The fourth-order valence-corrected chi connectivity index (χ4v) is 2.64. The first kappa shape index (κ1) is 19.6. The van der Waals surface area contributed by atoms with Crippen LogP contribution in [0.15, 0.2) is 48.5 Å². The lowest BCUT2D eigenvalue weighted by molar-refractivity contribution is 0.0330. The summed E-state index contributed by atoms with van der Waals surface area (Å²) in [5, 5.41) is 3.19. The van der Waals surface area contributed by atoms with Crippen LogP contribution in [-0.2, 0) is 16.0 Å². The molecule has 0 aliphatic heterocycles. The number of aromatic nitrogens is 2. The van der Waals surface area contributed by atoms with E-state index in [1.807, 2.05) is 55.5 Å². The highest BCUT2D eigenvalue weighted by atomic mass is 16.6. The van der Waals surface area contributed by atoms with Crippen LogP contribution in [0.3, 0.4) is 0 Å². The van der Waals surface area contributed by atoms with Crippen molar-refractivity contribution in [1.82, 2.24) is 9.97 Å². The summed E-state index contributed by atoms with van der Waals surface area (Å²) < 4.78 is 15.7. The van der Waals surface area contributed by atoms with Gasteiger partial charge in [0.05, 0.1) is 24.8 Å². The molecule has 0 bridgehead atoms. The summed E-state index contributed by atoms with van der Waals surface area (Å²) in [6.07, 6.45) is 0. The number of carbonyl (C=O) groups is 1. The molecule has 0 unspecified atom stereocenters. The summed E-state index contributed by atoms with van der Waals surface area (Å²) in [6.45, 7) is 3.42. The van der Waals surface area contributed by atoms with E-state index < -0.39 is 5.97 Å². The quantitative estimate of drug-likeness (QED) is 0.449. The summed E-state index contributed by atoms with van der Waals surface area (Å²) >= 11 is 0. The molecule has 7 nitrogen and oxygen atoms in total. The standard InChI is InChI=1S/C21H23N3O4/c1-3-27-11-12-28-21(25)19-20(24-18-10-5-4-9-17(18)23-19)22-14-15-7-6-8-16(13-15)26-2/h4-10,13H,3,11-12,14H2,1-2H3,(H,22,24). The molecule has 1 N–H and O–H groups in total. The Balaban J connectivity index is 1.82. The molecule has 0 amide bonds. The van der Waals surface area contributed by atoms with E-state index in [9.17, 15) is 4.79 Å². The fraction of sp³-hybridized carbons (Fsp3) is 0.286. The molecule has 28 heavy (non-hydrogen) atoms. The van der Waals surface area contributed by atoms with Crippen LogP contribution in [0.4, 0.5) is 5.82 Å². The molecule has 0 atom stereocenters. The lowest BCUT2D eigenvalue weighted by Crippen LogP contribution is -2.16. The van der Waals surface area contributed by atoms with E-state index in [1.54, 1.807) is 7.11 Å². The smallest absolute Gasteiger partial charge is 0.360 e. The molecule has 0 aliphatic rings. The van der Waals surface area contributed by atoms with Crippen LogP contribution in [0, 0.1) is 0 Å². The van der Waals surface area contributed by atoms with Crippen molar-refractivity contribution in [3.05, 3.63) is 59.8 Å². The van der Waals surface area contributed by atoms with Gasteiger partial charge >= 0.3 is 5.97 Å². The second-order valence-electron chi connectivity index (χ2n) is 5.95. The average molecular weight is 381 g/mol. The predicted octanol–water partition coefficient (Wildman–Crippen LogP) is 3.44. The van der Waals surface area contributed by atoms with E-state index in [-0.39, 0.29) is 12.3 Å².